The van der Waals surface area contributed by atoms with E-state index < -0.39 is 0 Å². The van der Waals surface area contributed by atoms with Crippen LogP contribution in [-0.2, 0) is 0 Å². The van der Waals surface area contributed by atoms with Crippen molar-refractivity contribution in [3.63, 3.8) is 0 Å². The molecule has 2 bridgehead atoms. The van der Waals surface area contributed by atoms with Crippen LogP contribution < -0.4 is 5.73 Å². The molecule has 0 radical (unpaired) electrons. The van der Waals surface area contributed by atoms with Gasteiger partial charge in [0.15, 0.2) is 0 Å². The molecular weight excluding hydrogens is 208 g/mol. The Bertz CT molecular complexity index is 246. The highest BCUT2D eigenvalue weighted by Gasteiger charge is 2.44. The normalized spacial score (nSPS) is 40.9. The fourth-order valence-electron chi connectivity index (χ4n) is 4.71. The quantitative estimate of drug-likeness (QED) is 0.816. The molecule has 1 saturated carbocycles. The van der Waals surface area contributed by atoms with Crippen molar-refractivity contribution in [2.75, 3.05) is 6.54 Å². The average Bonchev–Trinajstić information content (AvgIpc) is 2.94. The first-order chi connectivity index (χ1) is 8.29. The van der Waals surface area contributed by atoms with Gasteiger partial charge in [0, 0.05) is 18.1 Å². The fourth-order valence-corrected chi connectivity index (χ4v) is 4.71. The summed E-state index contributed by atoms with van der Waals surface area (Å²) in [6, 6.07) is 2.77. The van der Waals surface area contributed by atoms with E-state index in [4.69, 9.17) is 5.73 Å². The van der Waals surface area contributed by atoms with Crippen LogP contribution in [0.3, 0.4) is 0 Å². The first-order valence-corrected chi connectivity index (χ1v) is 7.77. The number of hydrogen-bond acceptors (Lipinski definition) is 2. The Morgan fingerprint density at radius 1 is 1.00 bits per heavy atom. The molecule has 3 rings (SSSR count). The van der Waals surface area contributed by atoms with E-state index in [0.717, 1.165) is 36.5 Å². The number of hydrogen-bond donors (Lipinski definition) is 1. The minimum atomic E-state index is 0.740. The highest BCUT2D eigenvalue weighted by Crippen LogP contribution is 2.44. The molecule has 2 saturated heterocycles. The number of rotatable bonds is 3. The smallest absolute Gasteiger partial charge is 0.0104 e. The van der Waals surface area contributed by atoms with Crippen LogP contribution in [0.1, 0.15) is 58.3 Å². The Hall–Kier alpha value is -0.0800. The van der Waals surface area contributed by atoms with Gasteiger partial charge in [-0.25, -0.2) is 0 Å². The van der Waals surface area contributed by atoms with Gasteiger partial charge in [-0.15, -0.1) is 0 Å². The van der Waals surface area contributed by atoms with Crippen molar-refractivity contribution < 1.29 is 0 Å². The van der Waals surface area contributed by atoms with Crippen LogP contribution in [0.15, 0.2) is 0 Å². The van der Waals surface area contributed by atoms with E-state index in [1.807, 2.05) is 0 Å². The minimum Gasteiger partial charge on any atom is -0.330 e. The number of nitrogens with zero attached hydrogens (tertiary/aromatic N) is 1. The van der Waals surface area contributed by atoms with Gasteiger partial charge in [-0.2, -0.15) is 0 Å². The van der Waals surface area contributed by atoms with E-state index in [-0.39, 0.29) is 0 Å². The highest BCUT2D eigenvalue weighted by molar-refractivity contribution is 4.99. The summed E-state index contributed by atoms with van der Waals surface area (Å²) >= 11 is 0. The summed E-state index contributed by atoms with van der Waals surface area (Å²) in [7, 11) is 0. The summed E-state index contributed by atoms with van der Waals surface area (Å²) in [5, 5.41) is 0. The lowest BCUT2D eigenvalue weighted by Gasteiger charge is -2.44. The zero-order chi connectivity index (χ0) is 11.8. The van der Waals surface area contributed by atoms with Gasteiger partial charge in [0.2, 0.25) is 0 Å². The maximum atomic E-state index is 5.86. The van der Waals surface area contributed by atoms with Gasteiger partial charge >= 0.3 is 0 Å². The van der Waals surface area contributed by atoms with Crippen molar-refractivity contribution in [2.24, 2.45) is 17.6 Å². The number of piperidine rings is 1. The third-order valence-corrected chi connectivity index (χ3v) is 5.75. The van der Waals surface area contributed by atoms with E-state index >= 15 is 0 Å². The Kier molecular flexibility index (Phi) is 3.45. The second-order valence-electron chi connectivity index (χ2n) is 6.71. The fraction of sp³-hybridized carbons (Fsp3) is 1.00. The van der Waals surface area contributed by atoms with Gasteiger partial charge in [0.05, 0.1) is 0 Å². The van der Waals surface area contributed by atoms with E-state index in [9.17, 15) is 0 Å². The van der Waals surface area contributed by atoms with E-state index in [1.165, 1.54) is 51.4 Å². The largest absolute Gasteiger partial charge is 0.330 e. The molecule has 0 aromatic rings. The predicted molar refractivity (Wildman–Crippen MR) is 71.8 cm³/mol. The molecular formula is C15H28N2. The molecule has 2 N–H and O–H groups in total. The molecule has 2 heterocycles. The zero-order valence-electron chi connectivity index (χ0n) is 11.3. The van der Waals surface area contributed by atoms with Crippen LogP contribution in [0.25, 0.3) is 0 Å². The van der Waals surface area contributed by atoms with Gasteiger partial charge in [0.1, 0.15) is 0 Å². The van der Waals surface area contributed by atoms with Crippen molar-refractivity contribution in [3.05, 3.63) is 0 Å². The monoisotopic (exact) mass is 236 g/mol. The Balaban J connectivity index is 1.67. The molecule has 3 atom stereocenters. The van der Waals surface area contributed by atoms with Crippen LogP contribution in [-0.4, -0.2) is 29.6 Å². The minimum absolute atomic E-state index is 0.740. The molecule has 17 heavy (non-hydrogen) atoms. The Morgan fingerprint density at radius 3 is 2.12 bits per heavy atom. The van der Waals surface area contributed by atoms with E-state index in [2.05, 4.69) is 11.8 Å². The first-order valence-electron chi connectivity index (χ1n) is 7.77. The molecule has 1 aliphatic carbocycles. The maximum absolute atomic E-state index is 5.86. The molecule has 2 aliphatic heterocycles. The first kappa shape index (κ1) is 12.0. The molecule has 98 valence electrons. The van der Waals surface area contributed by atoms with Crippen LogP contribution >= 0.6 is 0 Å². The summed E-state index contributed by atoms with van der Waals surface area (Å²) in [5.41, 5.74) is 5.86. The standard InChI is InChI=1S/C15H28N2/c1-11(10-16)12-8-14-6-7-15(9-12)17(14)13-4-2-3-5-13/h11-15H,2-10,16H2,1H3. The van der Waals surface area contributed by atoms with Crippen LogP contribution in [0.2, 0.25) is 0 Å². The molecule has 3 aliphatic rings. The van der Waals surface area contributed by atoms with E-state index in [0.29, 0.717) is 0 Å². The van der Waals surface area contributed by atoms with Crippen LogP contribution in [0.5, 0.6) is 0 Å². The molecule has 0 spiro atoms. The number of nitrogens with two attached hydrogens (primary N) is 1. The van der Waals surface area contributed by atoms with Gasteiger partial charge in [-0.05, 0) is 56.9 Å². The third-order valence-electron chi connectivity index (χ3n) is 5.75. The molecule has 3 fully saturated rings. The lowest BCUT2D eigenvalue weighted by molar-refractivity contribution is 0.0468. The Morgan fingerprint density at radius 2 is 1.59 bits per heavy atom. The van der Waals surface area contributed by atoms with Crippen LogP contribution in [0.4, 0.5) is 0 Å². The topological polar surface area (TPSA) is 29.3 Å². The van der Waals surface area contributed by atoms with Crippen LogP contribution in [0, 0.1) is 11.8 Å². The summed E-state index contributed by atoms with van der Waals surface area (Å²) in [6.45, 7) is 3.24. The maximum Gasteiger partial charge on any atom is 0.0104 e. The average molecular weight is 236 g/mol. The SMILES string of the molecule is CC(CN)C1CC2CCC(C1)N2C1CCCC1. The summed E-state index contributed by atoms with van der Waals surface area (Å²) in [5.74, 6) is 1.65. The second-order valence-corrected chi connectivity index (χ2v) is 6.71. The van der Waals surface area contributed by atoms with Crippen molar-refractivity contribution in [3.8, 4) is 0 Å². The van der Waals surface area contributed by atoms with Crippen molar-refractivity contribution in [2.45, 2.75) is 76.4 Å². The molecule has 0 aromatic heterocycles. The highest BCUT2D eigenvalue weighted by atomic mass is 15.2. The lowest BCUT2D eigenvalue weighted by atomic mass is 9.81. The molecule has 2 nitrogen and oxygen atoms in total. The third kappa shape index (κ3) is 2.15. The summed E-state index contributed by atoms with van der Waals surface area (Å²) in [4.78, 5) is 2.94. The van der Waals surface area contributed by atoms with Crippen molar-refractivity contribution in [1.82, 2.24) is 4.90 Å². The molecule has 3 unspecified atom stereocenters. The molecule has 0 amide bonds. The zero-order valence-corrected chi connectivity index (χ0v) is 11.3. The van der Waals surface area contributed by atoms with Gasteiger partial charge in [-0.1, -0.05) is 19.8 Å². The molecule has 0 aromatic carbocycles. The van der Waals surface area contributed by atoms with Gasteiger partial charge in [-0.3, -0.25) is 4.90 Å². The van der Waals surface area contributed by atoms with Gasteiger partial charge in [0.25, 0.3) is 0 Å². The Labute approximate surface area is 106 Å². The van der Waals surface area contributed by atoms with Crippen molar-refractivity contribution >= 4 is 0 Å². The second kappa shape index (κ2) is 4.89. The van der Waals surface area contributed by atoms with Gasteiger partial charge < -0.3 is 5.73 Å². The molecule has 2 heteroatoms. The lowest BCUT2D eigenvalue weighted by Crippen LogP contribution is -2.49. The summed E-state index contributed by atoms with van der Waals surface area (Å²) in [6.07, 6.45) is 11.7. The predicted octanol–water partition coefficient (Wildman–Crippen LogP) is 2.77. The number of fused-ring (bicyclic) bond motifs is 2. The van der Waals surface area contributed by atoms with E-state index in [1.54, 1.807) is 0 Å². The summed E-state index contributed by atoms with van der Waals surface area (Å²) < 4.78 is 0. The van der Waals surface area contributed by atoms with Crippen molar-refractivity contribution in [1.29, 1.82) is 0 Å².